The number of β-amino-alcohol motifs (C(OH)–C–C–N with tert-alkyl or cyclic N) is 1. The molecular weight excluding hydrogens is 585 g/mol. The summed E-state index contributed by atoms with van der Waals surface area (Å²) >= 11 is 0. The second kappa shape index (κ2) is 11.2. The molecule has 230 valence electrons. The van der Waals surface area contributed by atoms with Gasteiger partial charge in [0.2, 0.25) is 10.0 Å². The fourth-order valence-corrected chi connectivity index (χ4v) is 7.06. The van der Waals surface area contributed by atoms with E-state index in [1.54, 1.807) is 23.1 Å². The van der Waals surface area contributed by atoms with Crippen LogP contribution in [0.2, 0.25) is 0 Å². The third-order valence-electron chi connectivity index (χ3n) is 8.51. The molecule has 1 atom stereocenters. The Balaban J connectivity index is 1.16. The van der Waals surface area contributed by atoms with Gasteiger partial charge in [0.25, 0.3) is 0 Å². The summed E-state index contributed by atoms with van der Waals surface area (Å²) in [5.74, 6) is 0.294. The monoisotopic (exact) mass is 618 g/mol. The predicted octanol–water partition coefficient (Wildman–Crippen LogP) is 3.67. The van der Waals surface area contributed by atoms with Gasteiger partial charge in [0.1, 0.15) is 0 Å². The zero-order valence-electron chi connectivity index (χ0n) is 23.6. The third kappa shape index (κ3) is 6.14. The first kappa shape index (κ1) is 29.6. The number of aromatic nitrogens is 4. The van der Waals surface area contributed by atoms with Gasteiger partial charge < -0.3 is 15.2 Å². The molecule has 1 aromatic carbocycles. The number of aliphatic hydroxyl groups is 1. The van der Waals surface area contributed by atoms with E-state index in [4.69, 9.17) is 5.10 Å². The second-order valence-electron chi connectivity index (χ2n) is 11.4. The fourth-order valence-electron chi connectivity index (χ4n) is 6.28. The van der Waals surface area contributed by atoms with E-state index >= 15 is 0 Å². The Hall–Kier alpha value is -3.46. The highest BCUT2D eigenvalue weighted by molar-refractivity contribution is 7.88. The molecule has 1 saturated heterocycles. The molecule has 0 radical (unpaired) electrons. The summed E-state index contributed by atoms with van der Waals surface area (Å²) in [4.78, 5) is 6.67. The van der Waals surface area contributed by atoms with Crippen LogP contribution in [0.15, 0.2) is 48.9 Å². The molecule has 0 aliphatic carbocycles. The number of benzene rings is 1. The summed E-state index contributed by atoms with van der Waals surface area (Å²) in [7, 11) is -3.49. The Kier molecular flexibility index (Phi) is 7.73. The predicted molar refractivity (Wildman–Crippen MR) is 152 cm³/mol. The number of pyridine rings is 1. The minimum atomic E-state index is -4.47. The smallest absolute Gasteiger partial charge is 0.416 e. The van der Waals surface area contributed by atoms with Crippen LogP contribution >= 0.6 is 0 Å². The molecule has 0 spiro atoms. The Bertz CT molecular complexity index is 1680. The number of sulfonamides is 1. The molecule has 14 heteroatoms. The van der Waals surface area contributed by atoms with Crippen molar-refractivity contribution in [1.29, 1.82) is 0 Å². The highest BCUT2D eigenvalue weighted by Crippen LogP contribution is 2.37. The van der Waals surface area contributed by atoms with Gasteiger partial charge in [0.05, 0.1) is 42.1 Å². The molecule has 4 aliphatic rings. The van der Waals surface area contributed by atoms with Crippen molar-refractivity contribution in [2.24, 2.45) is 0 Å². The van der Waals surface area contributed by atoms with Gasteiger partial charge >= 0.3 is 6.18 Å². The van der Waals surface area contributed by atoms with E-state index in [0.29, 0.717) is 35.7 Å². The van der Waals surface area contributed by atoms with Gasteiger partial charge in [-0.15, -0.1) is 0 Å². The first-order chi connectivity index (χ1) is 20.4. The van der Waals surface area contributed by atoms with E-state index in [9.17, 15) is 31.9 Å². The highest BCUT2D eigenvalue weighted by atomic mass is 32.2. The lowest BCUT2D eigenvalue weighted by Crippen LogP contribution is -2.40. The van der Waals surface area contributed by atoms with Crippen LogP contribution in [0.3, 0.4) is 0 Å². The average molecular weight is 619 g/mol. The molecule has 1 fully saturated rings. The first-order valence-electron chi connectivity index (χ1n) is 14.1. The highest BCUT2D eigenvalue weighted by Gasteiger charge is 2.33. The van der Waals surface area contributed by atoms with Crippen molar-refractivity contribution in [3.05, 3.63) is 71.3 Å². The molecule has 6 rings (SSSR count). The van der Waals surface area contributed by atoms with Crippen LogP contribution in [0.1, 0.15) is 41.1 Å². The number of nitrogens with zero attached hydrogens (tertiary/aromatic N) is 6. The zero-order valence-corrected chi connectivity index (χ0v) is 24.4. The van der Waals surface area contributed by atoms with E-state index in [2.05, 4.69) is 9.88 Å². The van der Waals surface area contributed by atoms with Gasteiger partial charge in [-0.1, -0.05) is 12.1 Å². The fraction of sp³-hybridized carbons (Fsp3) is 0.448. The summed E-state index contributed by atoms with van der Waals surface area (Å²) in [6.07, 6.45) is 3.13. The molecular formula is C29H33F3N6O4S. The number of rotatable bonds is 7. The molecule has 10 nitrogen and oxygen atoms in total. The Labute approximate surface area is 247 Å². The van der Waals surface area contributed by atoms with Crippen LogP contribution in [-0.4, -0.2) is 86.0 Å². The maximum absolute atomic E-state index is 13.1. The summed E-state index contributed by atoms with van der Waals surface area (Å²) in [5.41, 5.74) is 4.41. The SMILES string of the molecule is CS(=O)(=O)N1CCc2c(c(-c3ccc(C(F)(F)F)cc3)nn2CC(O)CN2CCC(c3cnc4ccn(O)cc3-4)CC2)C1. The van der Waals surface area contributed by atoms with E-state index in [1.165, 1.54) is 16.4 Å². The van der Waals surface area contributed by atoms with Gasteiger partial charge in [0, 0.05) is 60.8 Å². The number of alkyl halides is 3. The molecule has 4 aliphatic heterocycles. The van der Waals surface area contributed by atoms with E-state index in [-0.39, 0.29) is 19.6 Å². The topological polar surface area (TPSA) is 117 Å². The lowest BCUT2D eigenvalue weighted by Gasteiger charge is -2.33. The minimum Gasteiger partial charge on any atom is -0.429 e. The number of likely N-dealkylation sites (tertiary alicyclic amines) is 1. The molecule has 0 bridgehead atoms. The van der Waals surface area contributed by atoms with Crippen LogP contribution in [0.25, 0.3) is 22.5 Å². The quantitative estimate of drug-likeness (QED) is 0.304. The summed E-state index contributed by atoms with van der Waals surface area (Å²) in [5, 5.41) is 25.6. The third-order valence-corrected chi connectivity index (χ3v) is 9.76. The van der Waals surface area contributed by atoms with Crippen LogP contribution in [0, 0.1) is 0 Å². The lowest BCUT2D eigenvalue weighted by atomic mass is 9.88. The van der Waals surface area contributed by atoms with Crippen molar-refractivity contribution in [3.63, 3.8) is 0 Å². The molecule has 5 heterocycles. The van der Waals surface area contributed by atoms with Crippen molar-refractivity contribution in [2.45, 2.75) is 50.6 Å². The van der Waals surface area contributed by atoms with Gasteiger partial charge in [-0.05, 0) is 55.6 Å². The number of piperidine rings is 1. The molecule has 1 aromatic heterocycles. The van der Waals surface area contributed by atoms with Crippen LogP contribution < -0.4 is 0 Å². The standard InChI is InChI=1S/C29H33F3N6O4S/c1-43(41,42)37-13-9-27-25(18-37)28(20-2-4-21(5-3-20)29(30,31)32)34-38(27)16-22(39)15-35-10-6-19(7-11-35)23-14-33-26-8-12-36(40)17-24(23)26/h2-5,8,12,14,17,19,22,39-40H,6-7,9-11,13,15-16,18H2,1H3. The van der Waals surface area contributed by atoms with E-state index < -0.39 is 27.9 Å². The lowest BCUT2D eigenvalue weighted by molar-refractivity contribution is -0.137. The molecule has 1 unspecified atom stereocenters. The van der Waals surface area contributed by atoms with Gasteiger partial charge in [-0.25, -0.2) is 13.1 Å². The molecule has 43 heavy (non-hydrogen) atoms. The number of fused-ring (bicyclic) bond motifs is 2. The normalized spacial score (nSPS) is 18.3. The minimum absolute atomic E-state index is 0.0652. The summed E-state index contributed by atoms with van der Waals surface area (Å²) < 4.78 is 68.1. The average Bonchev–Trinajstić information content (AvgIpc) is 3.53. The number of hydrogen-bond donors (Lipinski definition) is 2. The van der Waals surface area contributed by atoms with Crippen LogP contribution in [0.5, 0.6) is 0 Å². The van der Waals surface area contributed by atoms with Gasteiger partial charge in [-0.2, -0.15) is 22.6 Å². The van der Waals surface area contributed by atoms with Crippen molar-refractivity contribution in [2.75, 3.05) is 32.4 Å². The zero-order chi connectivity index (χ0) is 30.5. The Morgan fingerprint density at radius 3 is 2.47 bits per heavy atom. The number of aliphatic hydroxyl groups excluding tert-OH is 1. The largest absolute Gasteiger partial charge is 0.429 e. The number of halogens is 3. The van der Waals surface area contributed by atoms with Gasteiger partial charge in [-0.3, -0.25) is 9.67 Å². The second-order valence-corrected chi connectivity index (χ2v) is 13.4. The Morgan fingerprint density at radius 2 is 1.79 bits per heavy atom. The van der Waals surface area contributed by atoms with Crippen molar-refractivity contribution >= 4 is 10.0 Å². The number of hydrogen-bond acceptors (Lipinski definition) is 7. The van der Waals surface area contributed by atoms with E-state index in [0.717, 1.165) is 71.6 Å². The van der Waals surface area contributed by atoms with Crippen molar-refractivity contribution < 1.29 is 31.9 Å². The van der Waals surface area contributed by atoms with Crippen LogP contribution in [-0.2, 0) is 35.7 Å². The molecule has 2 aromatic rings. The first-order valence-corrected chi connectivity index (χ1v) is 16.0. The molecule has 0 saturated carbocycles. The Morgan fingerprint density at radius 1 is 1.07 bits per heavy atom. The molecule has 2 N–H and O–H groups in total. The maximum atomic E-state index is 13.1. The van der Waals surface area contributed by atoms with Crippen molar-refractivity contribution in [1.82, 2.24) is 28.7 Å². The van der Waals surface area contributed by atoms with Crippen molar-refractivity contribution in [3.8, 4) is 22.5 Å². The van der Waals surface area contributed by atoms with Gasteiger partial charge in [0.15, 0.2) is 0 Å². The molecule has 0 amide bonds. The van der Waals surface area contributed by atoms with Crippen LogP contribution in [0.4, 0.5) is 13.2 Å². The van der Waals surface area contributed by atoms with E-state index in [1.807, 2.05) is 6.20 Å². The summed E-state index contributed by atoms with van der Waals surface area (Å²) in [6, 6.07) is 6.46. The summed E-state index contributed by atoms with van der Waals surface area (Å²) in [6.45, 7) is 2.47. The maximum Gasteiger partial charge on any atom is 0.416 e.